The Balaban J connectivity index is 1.89. The summed E-state index contributed by atoms with van der Waals surface area (Å²) in [7, 11) is 0. The fraction of sp³-hybridized carbons (Fsp3) is 0.143. The van der Waals surface area contributed by atoms with Gasteiger partial charge in [0.1, 0.15) is 6.54 Å². The highest BCUT2D eigenvalue weighted by Gasteiger charge is 2.17. The standard InChI is InChI=1S/C21H20N2O2/c1-17-9-8-14-22(21(17)25)16-20(24)23(19-12-6-3-7-13-19)15-18-10-4-2-5-11-18/h2-14H,15-16H2,1H3. The average molecular weight is 332 g/mol. The van der Waals surface area contributed by atoms with E-state index in [1.165, 1.54) is 4.57 Å². The lowest BCUT2D eigenvalue weighted by Gasteiger charge is -2.23. The Hall–Kier alpha value is -3.14. The molecule has 2 aromatic carbocycles. The van der Waals surface area contributed by atoms with Crippen LogP contribution in [0.1, 0.15) is 11.1 Å². The molecule has 1 heterocycles. The van der Waals surface area contributed by atoms with Crippen molar-refractivity contribution in [3.63, 3.8) is 0 Å². The van der Waals surface area contributed by atoms with E-state index in [-0.39, 0.29) is 18.0 Å². The molecule has 3 rings (SSSR count). The fourth-order valence-electron chi connectivity index (χ4n) is 2.71. The molecule has 3 aromatic rings. The summed E-state index contributed by atoms with van der Waals surface area (Å²) in [5.74, 6) is -0.122. The molecule has 0 aliphatic heterocycles. The van der Waals surface area contributed by atoms with Gasteiger partial charge in [0, 0.05) is 17.4 Å². The topological polar surface area (TPSA) is 42.3 Å². The Kier molecular flexibility index (Phi) is 5.09. The van der Waals surface area contributed by atoms with E-state index in [0.717, 1.165) is 11.3 Å². The molecule has 0 spiro atoms. The molecule has 0 fully saturated rings. The molecule has 1 amide bonds. The third-order valence-electron chi connectivity index (χ3n) is 4.07. The van der Waals surface area contributed by atoms with Crippen molar-refractivity contribution in [3.8, 4) is 0 Å². The smallest absolute Gasteiger partial charge is 0.253 e. The number of rotatable bonds is 5. The van der Waals surface area contributed by atoms with Crippen molar-refractivity contribution in [2.24, 2.45) is 0 Å². The third-order valence-corrected chi connectivity index (χ3v) is 4.07. The number of aryl methyl sites for hydroxylation is 1. The highest BCUT2D eigenvalue weighted by molar-refractivity contribution is 5.93. The lowest BCUT2D eigenvalue weighted by molar-refractivity contribution is -0.119. The SMILES string of the molecule is Cc1cccn(CC(=O)N(Cc2ccccc2)c2ccccc2)c1=O. The van der Waals surface area contributed by atoms with Gasteiger partial charge in [-0.3, -0.25) is 9.59 Å². The number of carbonyl (C=O) groups excluding carboxylic acids is 1. The molecule has 126 valence electrons. The molecule has 0 aliphatic carbocycles. The van der Waals surface area contributed by atoms with Gasteiger partial charge in [-0.2, -0.15) is 0 Å². The summed E-state index contributed by atoms with van der Waals surface area (Å²) in [6, 6.07) is 22.9. The lowest BCUT2D eigenvalue weighted by Crippen LogP contribution is -2.36. The van der Waals surface area contributed by atoms with Gasteiger partial charge in [-0.1, -0.05) is 54.6 Å². The Bertz CT molecular complexity index is 902. The van der Waals surface area contributed by atoms with Crippen molar-refractivity contribution in [2.75, 3.05) is 4.90 Å². The molecule has 4 nitrogen and oxygen atoms in total. The van der Waals surface area contributed by atoms with Crippen molar-refractivity contribution >= 4 is 11.6 Å². The van der Waals surface area contributed by atoms with Gasteiger partial charge in [-0.25, -0.2) is 0 Å². The Morgan fingerprint density at radius 1 is 0.920 bits per heavy atom. The minimum absolute atomic E-state index is 0.0161. The second kappa shape index (κ2) is 7.62. The van der Waals surface area contributed by atoms with E-state index in [2.05, 4.69) is 0 Å². The number of benzene rings is 2. The number of hydrogen-bond acceptors (Lipinski definition) is 2. The van der Waals surface area contributed by atoms with Gasteiger partial charge in [0.05, 0.1) is 6.54 Å². The van der Waals surface area contributed by atoms with Crippen LogP contribution in [0.3, 0.4) is 0 Å². The van der Waals surface area contributed by atoms with Gasteiger partial charge in [0.2, 0.25) is 5.91 Å². The summed E-state index contributed by atoms with van der Waals surface area (Å²) >= 11 is 0. The first kappa shape index (κ1) is 16.7. The Morgan fingerprint density at radius 3 is 2.24 bits per heavy atom. The van der Waals surface area contributed by atoms with Crippen molar-refractivity contribution in [1.82, 2.24) is 4.57 Å². The number of hydrogen-bond donors (Lipinski definition) is 0. The monoisotopic (exact) mass is 332 g/mol. The highest BCUT2D eigenvalue weighted by atomic mass is 16.2. The van der Waals surface area contributed by atoms with Crippen LogP contribution < -0.4 is 10.5 Å². The molecule has 0 saturated heterocycles. The van der Waals surface area contributed by atoms with Crippen LogP contribution in [-0.4, -0.2) is 10.5 Å². The predicted molar refractivity (Wildman–Crippen MR) is 99.5 cm³/mol. The second-order valence-electron chi connectivity index (χ2n) is 5.93. The van der Waals surface area contributed by atoms with Gasteiger partial charge in [-0.05, 0) is 30.7 Å². The summed E-state index contributed by atoms with van der Waals surface area (Å²) in [5, 5.41) is 0. The van der Waals surface area contributed by atoms with E-state index >= 15 is 0 Å². The first-order chi connectivity index (χ1) is 12.1. The maximum Gasteiger partial charge on any atom is 0.253 e. The van der Waals surface area contributed by atoms with Crippen molar-refractivity contribution in [3.05, 3.63) is 100 Å². The summed E-state index contributed by atoms with van der Waals surface area (Å²) in [4.78, 5) is 26.9. The van der Waals surface area contributed by atoms with Crippen LogP contribution in [0.15, 0.2) is 83.8 Å². The second-order valence-corrected chi connectivity index (χ2v) is 5.93. The molecule has 0 saturated carbocycles. The van der Waals surface area contributed by atoms with Crippen LogP contribution in [0.4, 0.5) is 5.69 Å². The van der Waals surface area contributed by atoms with Crippen LogP contribution in [-0.2, 0) is 17.9 Å². The van der Waals surface area contributed by atoms with E-state index in [0.29, 0.717) is 12.1 Å². The molecule has 0 unspecified atom stereocenters. The van der Waals surface area contributed by atoms with Crippen LogP contribution in [0.2, 0.25) is 0 Å². The quantitative estimate of drug-likeness (QED) is 0.719. The fourth-order valence-corrected chi connectivity index (χ4v) is 2.71. The molecule has 0 N–H and O–H groups in total. The number of amides is 1. The highest BCUT2D eigenvalue weighted by Crippen LogP contribution is 2.17. The van der Waals surface area contributed by atoms with Crippen molar-refractivity contribution < 1.29 is 4.79 Å². The predicted octanol–water partition coefficient (Wildman–Crippen LogP) is 3.39. The summed E-state index contributed by atoms with van der Waals surface area (Å²) in [6.07, 6.45) is 1.65. The number of aromatic nitrogens is 1. The molecule has 1 aromatic heterocycles. The lowest BCUT2D eigenvalue weighted by atomic mass is 10.2. The minimum Gasteiger partial charge on any atom is -0.306 e. The van der Waals surface area contributed by atoms with E-state index in [1.54, 1.807) is 30.2 Å². The summed E-state index contributed by atoms with van der Waals surface area (Å²) in [5.41, 5.74) is 2.35. The summed E-state index contributed by atoms with van der Waals surface area (Å²) < 4.78 is 1.46. The number of carbonyl (C=O) groups is 1. The molecular weight excluding hydrogens is 312 g/mol. The molecular formula is C21H20N2O2. The van der Waals surface area contributed by atoms with E-state index in [9.17, 15) is 9.59 Å². The van der Waals surface area contributed by atoms with Gasteiger partial charge in [-0.15, -0.1) is 0 Å². The zero-order chi connectivity index (χ0) is 17.6. The van der Waals surface area contributed by atoms with Crippen LogP contribution in [0.25, 0.3) is 0 Å². The van der Waals surface area contributed by atoms with Crippen LogP contribution in [0, 0.1) is 6.92 Å². The molecule has 0 radical (unpaired) electrons. The Morgan fingerprint density at radius 2 is 1.56 bits per heavy atom. The number of para-hydroxylation sites is 1. The van der Waals surface area contributed by atoms with Crippen LogP contribution >= 0.6 is 0 Å². The number of anilines is 1. The van der Waals surface area contributed by atoms with Gasteiger partial charge in [0.15, 0.2) is 0 Å². The zero-order valence-corrected chi connectivity index (χ0v) is 14.1. The normalized spacial score (nSPS) is 10.4. The average Bonchev–Trinajstić information content (AvgIpc) is 2.65. The zero-order valence-electron chi connectivity index (χ0n) is 14.1. The van der Waals surface area contributed by atoms with Gasteiger partial charge in [0.25, 0.3) is 5.56 Å². The molecule has 0 aliphatic rings. The van der Waals surface area contributed by atoms with E-state index in [1.807, 2.05) is 60.7 Å². The molecule has 25 heavy (non-hydrogen) atoms. The molecule has 0 bridgehead atoms. The molecule has 0 atom stereocenters. The van der Waals surface area contributed by atoms with Gasteiger partial charge >= 0.3 is 0 Å². The van der Waals surface area contributed by atoms with E-state index < -0.39 is 0 Å². The first-order valence-electron chi connectivity index (χ1n) is 8.20. The minimum atomic E-state index is -0.136. The molecule has 4 heteroatoms. The van der Waals surface area contributed by atoms with E-state index in [4.69, 9.17) is 0 Å². The third kappa shape index (κ3) is 4.04. The van der Waals surface area contributed by atoms with Crippen molar-refractivity contribution in [1.29, 1.82) is 0 Å². The Labute approximate surface area is 147 Å². The van der Waals surface area contributed by atoms with Crippen LogP contribution in [0.5, 0.6) is 0 Å². The first-order valence-corrected chi connectivity index (χ1v) is 8.20. The summed E-state index contributed by atoms with van der Waals surface area (Å²) in [6.45, 7) is 2.23. The maximum absolute atomic E-state index is 12.9. The van der Waals surface area contributed by atoms with Gasteiger partial charge < -0.3 is 9.47 Å². The maximum atomic E-state index is 12.9. The largest absolute Gasteiger partial charge is 0.306 e. The van der Waals surface area contributed by atoms with Crippen molar-refractivity contribution in [2.45, 2.75) is 20.0 Å². The number of nitrogens with zero attached hydrogens (tertiary/aromatic N) is 2. The number of pyridine rings is 1.